The van der Waals surface area contributed by atoms with Crippen LogP contribution in [0.3, 0.4) is 0 Å². The molecule has 0 radical (unpaired) electrons. The molecule has 2 aliphatic rings. The molecule has 1 saturated heterocycles. The molecule has 0 bridgehead atoms. The van der Waals surface area contributed by atoms with Crippen LogP contribution in [0.5, 0.6) is 5.75 Å². The lowest BCUT2D eigenvalue weighted by Gasteiger charge is -2.32. The molecular weight excluding hydrogens is 236 g/mol. The SMILES string of the molecule is CC1CN(Cc2cccc3c2OC(C)(C)C3)CCN1. The van der Waals surface area contributed by atoms with E-state index in [1.54, 1.807) is 0 Å². The van der Waals surface area contributed by atoms with Gasteiger partial charge in [-0.2, -0.15) is 0 Å². The van der Waals surface area contributed by atoms with Gasteiger partial charge in [-0.15, -0.1) is 0 Å². The molecule has 1 unspecified atom stereocenters. The molecule has 2 aliphatic heterocycles. The van der Waals surface area contributed by atoms with E-state index in [1.807, 2.05) is 0 Å². The van der Waals surface area contributed by atoms with E-state index in [0.29, 0.717) is 6.04 Å². The van der Waals surface area contributed by atoms with Crippen molar-refractivity contribution in [3.05, 3.63) is 29.3 Å². The molecule has 1 atom stereocenters. The molecule has 3 nitrogen and oxygen atoms in total. The van der Waals surface area contributed by atoms with Crippen molar-refractivity contribution in [2.75, 3.05) is 19.6 Å². The summed E-state index contributed by atoms with van der Waals surface area (Å²) in [6, 6.07) is 7.17. The van der Waals surface area contributed by atoms with Crippen molar-refractivity contribution in [2.24, 2.45) is 0 Å². The Morgan fingerprint density at radius 2 is 2.26 bits per heavy atom. The number of fused-ring (bicyclic) bond motifs is 1. The average molecular weight is 260 g/mol. The van der Waals surface area contributed by atoms with Gasteiger partial charge in [0, 0.05) is 44.2 Å². The zero-order chi connectivity index (χ0) is 13.5. The van der Waals surface area contributed by atoms with Crippen LogP contribution in [0.2, 0.25) is 0 Å². The molecule has 104 valence electrons. The highest BCUT2D eigenvalue weighted by atomic mass is 16.5. The van der Waals surface area contributed by atoms with Gasteiger partial charge in [0.15, 0.2) is 0 Å². The molecule has 19 heavy (non-hydrogen) atoms. The molecule has 0 aromatic heterocycles. The summed E-state index contributed by atoms with van der Waals surface area (Å²) in [4.78, 5) is 2.52. The smallest absolute Gasteiger partial charge is 0.127 e. The standard InChI is InChI=1S/C16H24N2O/c1-12-10-18(8-7-17-12)11-14-6-4-5-13-9-16(2,3)19-15(13)14/h4-6,12,17H,7-11H2,1-3H3. The minimum absolute atomic E-state index is 0.0464. The fourth-order valence-corrected chi connectivity index (χ4v) is 3.20. The topological polar surface area (TPSA) is 24.5 Å². The summed E-state index contributed by atoms with van der Waals surface area (Å²) in [5.41, 5.74) is 2.66. The van der Waals surface area contributed by atoms with Gasteiger partial charge in [-0.3, -0.25) is 4.90 Å². The molecule has 1 aromatic rings. The van der Waals surface area contributed by atoms with Crippen molar-refractivity contribution >= 4 is 0 Å². The van der Waals surface area contributed by atoms with Gasteiger partial charge in [0.25, 0.3) is 0 Å². The van der Waals surface area contributed by atoms with E-state index in [0.717, 1.165) is 38.3 Å². The maximum atomic E-state index is 6.15. The molecule has 1 N–H and O–H groups in total. The van der Waals surface area contributed by atoms with Crippen molar-refractivity contribution in [1.29, 1.82) is 0 Å². The summed E-state index contributed by atoms with van der Waals surface area (Å²) in [7, 11) is 0. The quantitative estimate of drug-likeness (QED) is 0.882. The first-order chi connectivity index (χ1) is 9.03. The molecule has 0 amide bonds. The predicted molar refractivity (Wildman–Crippen MR) is 77.6 cm³/mol. The van der Waals surface area contributed by atoms with Crippen molar-refractivity contribution in [3.63, 3.8) is 0 Å². The lowest BCUT2D eigenvalue weighted by atomic mass is 10.0. The van der Waals surface area contributed by atoms with Gasteiger partial charge in [-0.05, 0) is 26.3 Å². The summed E-state index contributed by atoms with van der Waals surface area (Å²) < 4.78 is 6.15. The van der Waals surface area contributed by atoms with Crippen LogP contribution in [-0.2, 0) is 13.0 Å². The number of nitrogens with one attached hydrogen (secondary N) is 1. The van der Waals surface area contributed by atoms with Gasteiger partial charge >= 0.3 is 0 Å². The number of rotatable bonds is 2. The van der Waals surface area contributed by atoms with Gasteiger partial charge < -0.3 is 10.1 Å². The van der Waals surface area contributed by atoms with Crippen molar-refractivity contribution in [3.8, 4) is 5.75 Å². The minimum atomic E-state index is -0.0464. The van der Waals surface area contributed by atoms with Gasteiger partial charge in [-0.1, -0.05) is 18.2 Å². The highest BCUT2D eigenvalue weighted by Gasteiger charge is 2.32. The van der Waals surface area contributed by atoms with Gasteiger partial charge in [0.1, 0.15) is 11.4 Å². The summed E-state index contributed by atoms with van der Waals surface area (Å²) in [5.74, 6) is 1.14. The number of ether oxygens (including phenoxy) is 1. The lowest BCUT2D eigenvalue weighted by Crippen LogP contribution is -2.48. The Hall–Kier alpha value is -1.06. The van der Waals surface area contributed by atoms with Crippen molar-refractivity contribution in [1.82, 2.24) is 10.2 Å². The van der Waals surface area contributed by atoms with Gasteiger partial charge in [-0.25, -0.2) is 0 Å². The molecule has 0 aliphatic carbocycles. The molecule has 1 fully saturated rings. The summed E-state index contributed by atoms with van der Waals surface area (Å²) in [6.45, 7) is 10.9. The molecule has 0 spiro atoms. The number of hydrogen-bond acceptors (Lipinski definition) is 3. The fourth-order valence-electron chi connectivity index (χ4n) is 3.20. The Labute approximate surface area is 115 Å². The second-order valence-electron chi connectivity index (χ2n) is 6.53. The Bertz CT molecular complexity index is 470. The average Bonchev–Trinajstić information content (AvgIpc) is 2.64. The van der Waals surface area contributed by atoms with Crippen LogP contribution in [-0.4, -0.2) is 36.2 Å². The Morgan fingerprint density at radius 3 is 3.05 bits per heavy atom. The first-order valence-electron chi connectivity index (χ1n) is 7.29. The van der Waals surface area contributed by atoms with E-state index in [1.165, 1.54) is 11.1 Å². The van der Waals surface area contributed by atoms with E-state index < -0.39 is 0 Å². The zero-order valence-electron chi connectivity index (χ0n) is 12.2. The second-order valence-corrected chi connectivity index (χ2v) is 6.53. The van der Waals surface area contributed by atoms with Crippen LogP contribution >= 0.6 is 0 Å². The lowest BCUT2D eigenvalue weighted by molar-refractivity contribution is 0.133. The Morgan fingerprint density at radius 1 is 1.42 bits per heavy atom. The largest absolute Gasteiger partial charge is 0.487 e. The first kappa shape index (κ1) is 12.9. The second kappa shape index (κ2) is 4.80. The number of piperazine rings is 1. The highest BCUT2D eigenvalue weighted by molar-refractivity contribution is 5.45. The van der Waals surface area contributed by atoms with E-state index in [-0.39, 0.29) is 5.60 Å². The van der Waals surface area contributed by atoms with Crippen LogP contribution in [0.25, 0.3) is 0 Å². The summed E-state index contributed by atoms with van der Waals surface area (Å²) in [5, 5.41) is 3.49. The fraction of sp³-hybridized carbons (Fsp3) is 0.625. The zero-order valence-corrected chi connectivity index (χ0v) is 12.2. The Kier molecular flexibility index (Phi) is 3.27. The van der Waals surface area contributed by atoms with Crippen LogP contribution in [0.15, 0.2) is 18.2 Å². The van der Waals surface area contributed by atoms with E-state index in [9.17, 15) is 0 Å². The maximum absolute atomic E-state index is 6.15. The summed E-state index contributed by atoms with van der Waals surface area (Å²) in [6.07, 6.45) is 1.02. The van der Waals surface area contributed by atoms with Crippen LogP contribution < -0.4 is 10.1 Å². The first-order valence-corrected chi connectivity index (χ1v) is 7.29. The van der Waals surface area contributed by atoms with Crippen LogP contribution in [0.1, 0.15) is 31.9 Å². The normalized spacial score (nSPS) is 25.9. The van der Waals surface area contributed by atoms with Gasteiger partial charge in [0.2, 0.25) is 0 Å². The number of benzene rings is 1. The maximum Gasteiger partial charge on any atom is 0.127 e. The molecular formula is C16H24N2O. The third-order valence-corrected chi connectivity index (χ3v) is 4.02. The highest BCUT2D eigenvalue weighted by Crippen LogP contribution is 2.38. The van der Waals surface area contributed by atoms with Crippen LogP contribution in [0, 0.1) is 0 Å². The Balaban J connectivity index is 1.78. The third-order valence-electron chi connectivity index (χ3n) is 4.02. The predicted octanol–water partition coefficient (Wildman–Crippen LogP) is 2.19. The van der Waals surface area contributed by atoms with Crippen molar-refractivity contribution < 1.29 is 4.74 Å². The molecule has 3 heteroatoms. The monoisotopic (exact) mass is 260 g/mol. The molecule has 2 heterocycles. The van der Waals surface area contributed by atoms with Gasteiger partial charge in [0.05, 0.1) is 0 Å². The summed E-state index contributed by atoms with van der Waals surface area (Å²) >= 11 is 0. The number of nitrogens with zero attached hydrogens (tertiary/aromatic N) is 1. The third kappa shape index (κ3) is 2.77. The molecule has 3 rings (SSSR count). The number of para-hydroxylation sites is 1. The van der Waals surface area contributed by atoms with Crippen LogP contribution in [0.4, 0.5) is 0 Å². The minimum Gasteiger partial charge on any atom is -0.487 e. The molecule has 1 aromatic carbocycles. The van der Waals surface area contributed by atoms with Crippen molar-refractivity contribution in [2.45, 2.75) is 45.4 Å². The molecule has 0 saturated carbocycles. The van der Waals surface area contributed by atoms with E-state index in [4.69, 9.17) is 4.74 Å². The van der Waals surface area contributed by atoms with E-state index >= 15 is 0 Å². The van der Waals surface area contributed by atoms with E-state index in [2.05, 4.69) is 49.2 Å². The number of hydrogen-bond donors (Lipinski definition) is 1.